The van der Waals surface area contributed by atoms with Crippen molar-refractivity contribution in [2.75, 3.05) is 7.11 Å². The van der Waals surface area contributed by atoms with Crippen LogP contribution < -0.4 is 4.74 Å². The molecule has 0 heterocycles. The fraction of sp³-hybridized carbons (Fsp3) is 0.0625. The van der Waals surface area contributed by atoms with E-state index in [0.29, 0.717) is 10.6 Å². The van der Waals surface area contributed by atoms with Gasteiger partial charge in [0.1, 0.15) is 11.8 Å². The van der Waals surface area contributed by atoms with Crippen molar-refractivity contribution in [3.63, 3.8) is 0 Å². The van der Waals surface area contributed by atoms with Crippen LogP contribution in [-0.2, 0) is 0 Å². The second kappa shape index (κ2) is 6.08. The molecule has 0 fully saturated rings. The topological polar surface area (TPSA) is 33.0 Å². The van der Waals surface area contributed by atoms with Crippen molar-refractivity contribution in [2.24, 2.45) is 0 Å². The van der Waals surface area contributed by atoms with E-state index in [4.69, 9.17) is 16.3 Å². The van der Waals surface area contributed by atoms with Crippen molar-refractivity contribution in [1.82, 2.24) is 0 Å². The Bertz CT molecular complexity index is 624. The fourth-order valence-corrected chi connectivity index (χ4v) is 2.00. The van der Waals surface area contributed by atoms with Crippen LogP contribution in [-0.4, -0.2) is 7.11 Å². The van der Waals surface area contributed by atoms with Gasteiger partial charge in [-0.2, -0.15) is 5.26 Å². The lowest BCUT2D eigenvalue weighted by molar-refractivity contribution is 0.415. The van der Waals surface area contributed by atoms with E-state index in [1.807, 2.05) is 54.6 Å². The first-order chi connectivity index (χ1) is 9.26. The average molecular weight is 270 g/mol. The monoisotopic (exact) mass is 269 g/mol. The molecule has 19 heavy (non-hydrogen) atoms. The van der Waals surface area contributed by atoms with Crippen molar-refractivity contribution < 1.29 is 4.74 Å². The number of allylic oxidation sites excluding steroid dienone is 1. The van der Waals surface area contributed by atoms with Crippen LogP contribution in [0.1, 0.15) is 11.1 Å². The highest BCUT2D eigenvalue weighted by Gasteiger charge is 2.09. The molecule has 2 rings (SSSR count). The first kappa shape index (κ1) is 13.2. The molecule has 0 bridgehead atoms. The zero-order chi connectivity index (χ0) is 13.7. The fourth-order valence-electron chi connectivity index (χ4n) is 1.73. The van der Waals surface area contributed by atoms with Gasteiger partial charge in [0.15, 0.2) is 0 Å². The molecule has 0 saturated heterocycles. The predicted octanol–water partition coefficient (Wildman–Crippen LogP) is 4.33. The summed E-state index contributed by atoms with van der Waals surface area (Å²) in [6, 6.07) is 18.9. The molecule has 0 radical (unpaired) electrons. The summed E-state index contributed by atoms with van der Waals surface area (Å²) in [6.45, 7) is 0. The maximum absolute atomic E-state index is 9.31. The van der Waals surface area contributed by atoms with Gasteiger partial charge in [-0.3, -0.25) is 0 Å². The zero-order valence-corrected chi connectivity index (χ0v) is 11.2. The second-order valence-corrected chi connectivity index (χ2v) is 4.27. The summed E-state index contributed by atoms with van der Waals surface area (Å²) in [5.74, 6) is 0.747. The van der Waals surface area contributed by atoms with Gasteiger partial charge in [0.25, 0.3) is 0 Å². The lowest BCUT2D eigenvalue weighted by Gasteiger charge is -2.05. The Labute approximate surface area is 117 Å². The van der Waals surface area contributed by atoms with Crippen LogP contribution in [0.25, 0.3) is 10.6 Å². The molecule has 2 aromatic carbocycles. The Morgan fingerprint density at radius 3 is 2.16 bits per heavy atom. The van der Waals surface area contributed by atoms with Gasteiger partial charge >= 0.3 is 0 Å². The average Bonchev–Trinajstić information content (AvgIpc) is 2.49. The van der Waals surface area contributed by atoms with Crippen LogP contribution in [0.5, 0.6) is 5.75 Å². The lowest BCUT2D eigenvalue weighted by atomic mass is 10.0. The number of methoxy groups -OCH3 is 1. The highest BCUT2D eigenvalue weighted by Crippen LogP contribution is 2.29. The normalized spacial score (nSPS) is 11.4. The SMILES string of the molecule is COc1ccc(C(C#N)=C(Cl)c2ccccc2)cc1. The summed E-state index contributed by atoms with van der Waals surface area (Å²) in [7, 11) is 1.60. The summed E-state index contributed by atoms with van der Waals surface area (Å²) < 4.78 is 5.10. The number of benzene rings is 2. The molecule has 0 aliphatic heterocycles. The second-order valence-electron chi connectivity index (χ2n) is 3.90. The maximum atomic E-state index is 9.31. The molecule has 0 N–H and O–H groups in total. The number of hydrogen-bond donors (Lipinski definition) is 0. The first-order valence-electron chi connectivity index (χ1n) is 5.76. The number of nitrogens with zero attached hydrogens (tertiary/aromatic N) is 1. The van der Waals surface area contributed by atoms with Crippen LogP contribution >= 0.6 is 11.6 Å². The predicted molar refractivity (Wildman–Crippen MR) is 77.7 cm³/mol. The van der Waals surface area contributed by atoms with Gasteiger partial charge < -0.3 is 4.74 Å². The third kappa shape index (κ3) is 2.96. The standard InChI is InChI=1S/C16H12ClNO/c1-19-14-9-7-12(8-10-14)15(11-18)16(17)13-5-3-2-4-6-13/h2-10H,1H3. The number of ether oxygens (including phenoxy) is 1. The van der Waals surface area contributed by atoms with Gasteiger partial charge in [0.05, 0.1) is 17.7 Å². The molecule has 0 aliphatic rings. The Balaban J connectivity index is 2.47. The molecule has 2 nitrogen and oxygen atoms in total. The zero-order valence-electron chi connectivity index (χ0n) is 10.4. The van der Waals surface area contributed by atoms with Crippen molar-refractivity contribution in [3.8, 4) is 11.8 Å². The number of halogens is 1. The molecular formula is C16H12ClNO. The quantitative estimate of drug-likeness (QED) is 0.614. The smallest absolute Gasteiger partial charge is 0.118 e. The van der Waals surface area contributed by atoms with E-state index < -0.39 is 0 Å². The summed E-state index contributed by atoms with van der Waals surface area (Å²) >= 11 is 6.31. The highest BCUT2D eigenvalue weighted by molar-refractivity contribution is 6.53. The Morgan fingerprint density at radius 2 is 1.63 bits per heavy atom. The van der Waals surface area contributed by atoms with Gasteiger partial charge in [-0.15, -0.1) is 0 Å². The van der Waals surface area contributed by atoms with Crippen molar-refractivity contribution >= 4 is 22.2 Å². The molecule has 3 heteroatoms. The highest BCUT2D eigenvalue weighted by atomic mass is 35.5. The van der Waals surface area contributed by atoms with E-state index in [9.17, 15) is 5.26 Å². The largest absolute Gasteiger partial charge is 0.497 e. The third-order valence-corrected chi connectivity index (χ3v) is 3.14. The molecule has 0 amide bonds. The van der Waals surface area contributed by atoms with Crippen LogP contribution in [0.3, 0.4) is 0 Å². The van der Waals surface area contributed by atoms with E-state index in [-0.39, 0.29) is 0 Å². The van der Waals surface area contributed by atoms with Crippen LogP contribution in [0.4, 0.5) is 0 Å². The molecule has 0 unspecified atom stereocenters. The number of rotatable bonds is 3. The van der Waals surface area contributed by atoms with Gasteiger partial charge in [-0.25, -0.2) is 0 Å². The van der Waals surface area contributed by atoms with Crippen molar-refractivity contribution in [1.29, 1.82) is 5.26 Å². The van der Waals surface area contributed by atoms with Crippen molar-refractivity contribution in [2.45, 2.75) is 0 Å². The van der Waals surface area contributed by atoms with E-state index in [1.165, 1.54) is 0 Å². The van der Waals surface area contributed by atoms with Gasteiger partial charge in [0.2, 0.25) is 0 Å². The van der Waals surface area contributed by atoms with Gasteiger partial charge in [0, 0.05) is 0 Å². The van der Waals surface area contributed by atoms with E-state index >= 15 is 0 Å². The minimum Gasteiger partial charge on any atom is -0.497 e. The molecular weight excluding hydrogens is 258 g/mol. The van der Waals surface area contributed by atoms with Crippen molar-refractivity contribution in [3.05, 3.63) is 65.7 Å². The van der Waals surface area contributed by atoms with E-state index in [1.54, 1.807) is 7.11 Å². The Morgan fingerprint density at radius 1 is 1.00 bits per heavy atom. The van der Waals surface area contributed by atoms with E-state index in [2.05, 4.69) is 6.07 Å². The lowest BCUT2D eigenvalue weighted by Crippen LogP contribution is -1.87. The summed E-state index contributed by atoms with van der Waals surface area (Å²) in [5, 5.41) is 9.77. The Hall–Kier alpha value is -2.24. The van der Waals surface area contributed by atoms with Crippen LogP contribution in [0, 0.1) is 11.3 Å². The Kier molecular flexibility index (Phi) is 4.22. The molecule has 94 valence electrons. The minimum absolute atomic E-state index is 0.452. The summed E-state index contributed by atoms with van der Waals surface area (Å²) in [6.07, 6.45) is 0. The molecule has 2 aromatic rings. The molecule has 0 aromatic heterocycles. The molecule has 0 saturated carbocycles. The van der Waals surface area contributed by atoms with Gasteiger partial charge in [-0.05, 0) is 35.4 Å². The summed E-state index contributed by atoms with van der Waals surface area (Å²) in [5.41, 5.74) is 2.06. The maximum Gasteiger partial charge on any atom is 0.118 e. The first-order valence-corrected chi connectivity index (χ1v) is 6.13. The molecule has 0 spiro atoms. The van der Waals surface area contributed by atoms with Crippen LogP contribution in [0.2, 0.25) is 0 Å². The molecule has 0 aliphatic carbocycles. The van der Waals surface area contributed by atoms with E-state index in [0.717, 1.165) is 16.9 Å². The molecule has 0 atom stereocenters. The summed E-state index contributed by atoms with van der Waals surface area (Å²) in [4.78, 5) is 0. The van der Waals surface area contributed by atoms with Gasteiger partial charge in [-0.1, -0.05) is 41.9 Å². The number of nitriles is 1. The minimum atomic E-state index is 0.452. The third-order valence-electron chi connectivity index (χ3n) is 2.74. The van der Waals surface area contributed by atoms with Crippen LogP contribution in [0.15, 0.2) is 54.6 Å². The number of hydrogen-bond acceptors (Lipinski definition) is 2.